The van der Waals surface area contributed by atoms with Crippen LogP contribution in [0.1, 0.15) is 54.6 Å². The van der Waals surface area contributed by atoms with Crippen LogP contribution in [0.4, 0.5) is 0 Å². The predicted octanol–water partition coefficient (Wildman–Crippen LogP) is 2.99. The number of amides is 1. The molecule has 1 fully saturated rings. The van der Waals surface area contributed by atoms with E-state index in [0.717, 1.165) is 30.7 Å². The number of rotatable bonds is 5. The number of hydrogen-bond donors (Lipinski definition) is 2. The average Bonchev–Trinajstić information content (AvgIpc) is 3.11. The molecule has 2 aromatic rings. The van der Waals surface area contributed by atoms with Gasteiger partial charge in [-0.3, -0.25) is 4.79 Å². The normalized spacial score (nSPS) is 24.1. The molecule has 1 aliphatic carbocycles. The Morgan fingerprint density at radius 1 is 1.26 bits per heavy atom. The molecule has 1 aliphatic heterocycles. The zero-order chi connectivity index (χ0) is 20.6. The Bertz CT molecular complexity index is 897. The number of fused-ring (bicyclic) bond motifs is 1. The number of aliphatic hydroxyl groups excluding tert-OH is 1. The third-order valence-corrected chi connectivity index (χ3v) is 6.74. The van der Waals surface area contributed by atoms with Gasteiger partial charge in [-0.1, -0.05) is 23.7 Å². The number of nitrogens with two attached hydrogens (primary N) is 1. The van der Waals surface area contributed by atoms with Gasteiger partial charge in [0.05, 0.1) is 6.10 Å². The van der Waals surface area contributed by atoms with Crippen LogP contribution < -0.4 is 5.73 Å². The van der Waals surface area contributed by atoms with Gasteiger partial charge in [-0.2, -0.15) is 0 Å². The maximum Gasteiger partial charge on any atom is 0.292 e. The fourth-order valence-corrected chi connectivity index (χ4v) is 5.02. The zero-order valence-electron chi connectivity index (χ0n) is 17.5. The molecule has 1 amide bonds. The lowest BCUT2D eigenvalue weighted by Gasteiger charge is -2.44. The maximum absolute atomic E-state index is 13.1. The minimum atomic E-state index is -0.509. The highest BCUT2D eigenvalue weighted by molar-refractivity contribution is 6.30. The summed E-state index contributed by atoms with van der Waals surface area (Å²) in [4.78, 5) is 15.0. The van der Waals surface area contributed by atoms with E-state index >= 15 is 0 Å². The maximum atomic E-state index is 13.1. The topological polar surface area (TPSA) is 97.3 Å². The number of nitrogens with zero attached hydrogens (tertiary/aromatic N) is 4. The van der Waals surface area contributed by atoms with E-state index in [4.69, 9.17) is 17.3 Å². The Hall–Kier alpha value is -1.38. The fraction of sp³-hybridized carbons (Fsp3) is 0.571. The van der Waals surface area contributed by atoms with Crippen LogP contribution in [-0.2, 0) is 18.4 Å². The van der Waals surface area contributed by atoms with Crippen molar-refractivity contribution in [3.05, 3.63) is 46.5 Å². The third kappa shape index (κ3) is 5.01. The third-order valence-electron chi connectivity index (χ3n) is 6.50. The molecular formula is C21H30Cl3N5O2. The first-order valence-electron chi connectivity index (χ1n) is 10.3. The second-order valence-electron chi connectivity index (χ2n) is 8.37. The second kappa shape index (κ2) is 10.5. The molecule has 172 valence electrons. The zero-order valence-corrected chi connectivity index (χ0v) is 19.9. The molecule has 1 aromatic heterocycles. The standard InChI is InChI=1S/C21H28ClN5O2.2ClH/c1-14(28)11-18-24-25-19-20(29)26(9-10-27(18)19)17-5-7-21(13-23,8-6-17)15-3-2-4-16(22)12-15;;/h2-4,12,14,17,28H,5-11,13,23H2,1H3;2*1H/t14?,17-,21+;;. The van der Waals surface area contributed by atoms with Crippen LogP contribution >= 0.6 is 36.4 Å². The van der Waals surface area contributed by atoms with Crippen molar-refractivity contribution in [1.82, 2.24) is 19.7 Å². The molecule has 7 nitrogen and oxygen atoms in total. The highest BCUT2D eigenvalue weighted by Crippen LogP contribution is 2.41. The first-order chi connectivity index (χ1) is 13.9. The minimum absolute atomic E-state index is 0. The van der Waals surface area contributed by atoms with Crippen molar-refractivity contribution >= 4 is 42.3 Å². The van der Waals surface area contributed by atoms with E-state index < -0.39 is 6.10 Å². The van der Waals surface area contributed by atoms with E-state index in [-0.39, 0.29) is 42.2 Å². The van der Waals surface area contributed by atoms with E-state index in [1.165, 1.54) is 5.56 Å². The van der Waals surface area contributed by atoms with Crippen molar-refractivity contribution in [2.45, 2.75) is 63.1 Å². The summed E-state index contributed by atoms with van der Waals surface area (Å²) in [6.45, 7) is 3.60. The average molecular weight is 491 g/mol. The number of carbonyl (C=O) groups excluding carboxylic acids is 1. The van der Waals surface area contributed by atoms with Gasteiger partial charge in [0.1, 0.15) is 5.82 Å². The van der Waals surface area contributed by atoms with Crippen molar-refractivity contribution in [2.75, 3.05) is 13.1 Å². The van der Waals surface area contributed by atoms with Crippen LogP contribution in [0.25, 0.3) is 0 Å². The summed E-state index contributed by atoms with van der Waals surface area (Å²) in [6, 6.07) is 8.18. The van der Waals surface area contributed by atoms with Crippen LogP contribution in [0, 0.1) is 0 Å². The van der Waals surface area contributed by atoms with Gasteiger partial charge in [0, 0.05) is 42.5 Å². The molecule has 0 radical (unpaired) electrons. The van der Waals surface area contributed by atoms with Crippen LogP contribution in [0.3, 0.4) is 0 Å². The molecule has 10 heteroatoms. The molecule has 4 rings (SSSR count). The summed E-state index contributed by atoms with van der Waals surface area (Å²) < 4.78 is 1.85. The number of carbonyl (C=O) groups is 1. The van der Waals surface area contributed by atoms with Crippen LogP contribution in [0.5, 0.6) is 0 Å². The Morgan fingerprint density at radius 3 is 2.58 bits per heavy atom. The Labute approximate surface area is 200 Å². The molecule has 0 bridgehead atoms. The molecule has 2 heterocycles. The number of aliphatic hydroxyl groups is 1. The molecule has 0 spiro atoms. The van der Waals surface area contributed by atoms with Crippen LogP contribution in [-0.4, -0.2) is 55.9 Å². The molecule has 1 unspecified atom stereocenters. The Kier molecular flexibility index (Phi) is 8.76. The van der Waals surface area contributed by atoms with Gasteiger partial charge < -0.3 is 20.3 Å². The summed E-state index contributed by atoms with van der Waals surface area (Å²) in [5, 5.41) is 18.6. The van der Waals surface area contributed by atoms with E-state index in [2.05, 4.69) is 16.3 Å². The van der Waals surface area contributed by atoms with E-state index in [1.54, 1.807) is 6.92 Å². The first-order valence-corrected chi connectivity index (χ1v) is 10.7. The number of halogens is 3. The lowest BCUT2D eigenvalue weighted by molar-refractivity contribution is 0.0519. The number of aromatic nitrogens is 3. The van der Waals surface area contributed by atoms with Gasteiger partial charge in [-0.25, -0.2) is 0 Å². The van der Waals surface area contributed by atoms with Crippen LogP contribution in [0.2, 0.25) is 5.02 Å². The van der Waals surface area contributed by atoms with E-state index in [1.807, 2.05) is 27.7 Å². The van der Waals surface area contributed by atoms with Gasteiger partial charge in [-0.05, 0) is 50.3 Å². The van der Waals surface area contributed by atoms with E-state index in [0.29, 0.717) is 37.7 Å². The Balaban J connectivity index is 0.00000171. The molecule has 3 N–H and O–H groups in total. The number of hydrogen-bond acceptors (Lipinski definition) is 5. The van der Waals surface area contributed by atoms with Crippen LogP contribution in [0.15, 0.2) is 24.3 Å². The molecule has 0 saturated heterocycles. The second-order valence-corrected chi connectivity index (χ2v) is 8.81. The van der Waals surface area contributed by atoms with E-state index in [9.17, 15) is 9.90 Å². The van der Waals surface area contributed by atoms with Gasteiger partial charge in [0.2, 0.25) is 5.82 Å². The predicted molar refractivity (Wildman–Crippen MR) is 125 cm³/mol. The molecule has 31 heavy (non-hydrogen) atoms. The van der Waals surface area contributed by atoms with Gasteiger partial charge in [0.15, 0.2) is 0 Å². The van der Waals surface area contributed by atoms with Crippen molar-refractivity contribution in [2.24, 2.45) is 5.73 Å². The Morgan fingerprint density at radius 2 is 1.97 bits per heavy atom. The lowest BCUT2D eigenvalue weighted by Crippen LogP contribution is -2.51. The number of benzene rings is 1. The molecule has 1 aromatic carbocycles. The largest absolute Gasteiger partial charge is 0.393 e. The van der Waals surface area contributed by atoms with Gasteiger partial charge >= 0.3 is 0 Å². The fourth-order valence-electron chi connectivity index (χ4n) is 4.83. The lowest BCUT2D eigenvalue weighted by atomic mass is 9.68. The van der Waals surface area contributed by atoms with Gasteiger partial charge in [-0.15, -0.1) is 35.0 Å². The van der Waals surface area contributed by atoms with Crippen molar-refractivity contribution < 1.29 is 9.90 Å². The van der Waals surface area contributed by atoms with Crippen molar-refractivity contribution in [1.29, 1.82) is 0 Å². The van der Waals surface area contributed by atoms with Crippen molar-refractivity contribution in [3.63, 3.8) is 0 Å². The van der Waals surface area contributed by atoms with Crippen molar-refractivity contribution in [3.8, 4) is 0 Å². The summed E-state index contributed by atoms with van der Waals surface area (Å²) in [5.74, 6) is 1.00. The molecule has 1 atom stereocenters. The molecule has 2 aliphatic rings. The highest BCUT2D eigenvalue weighted by atomic mass is 35.5. The monoisotopic (exact) mass is 489 g/mol. The summed E-state index contributed by atoms with van der Waals surface area (Å²) in [7, 11) is 0. The smallest absolute Gasteiger partial charge is 0.292 e. The summed E-state index contributed by atoms with van der Waals surface area (Å²) in [6.07, 6.45) is 3.57. The summed E-state index contributed by atoms with van der Waals surface area (Å²) in [5.41, 5.74) is 7.33. The first kappa shape index (κ1) is 25.9. The minimum Gasteiger partial charge on any atom is -0.393 e. The quantitative estimate of drug-likeness (QED) is 0.671. The van der Waals surface area contributed by atoms with Gasteiger partial charge in [0.25, 0.3) is 5.91 Å². The molecule has 1 saturated carbocycles. The SMILES string of the molecule is CC(O)Cc1nnc2n1CCN([C@H]1CC[C@@](CN)(c3cccc(Cl)c3)CC1)C2=O.Cl.Cl. The highest BCUT2D eigenvalue weighted by Gasteiger charge is 2.40. The summed E-state index contributed by atoms with van der Waals surface area (Å²) >= 11 is 6.21. The molecular weight excluding hydrogens is 461 g/mol.